The second kappa shape index (κ2) is 10.5. The molecule has 0 saturated heterocycles. The number of nitrogens with zero attached hydrogens (tertiary/aromatic N) is 3. The maximum Gasteiger partial charge on any atom is 0.164 e. The van der Waals surface area contributed by atoms with Gasteiger partial charge in [0.25, 0.3) is 0 Å². The first-order valence-corrected chi connectivity index (χ1v) is 16.4. The van der Waals surface area contributed by atoms with Crippen LogP contribution in [0, 0.1) is 5.92 Å². The topological polar surface area (TPSA) is 51.8 Å². The molecule has 4 heteroatoms. The van der Waals surface area contributed by atoms with E-state index in [2.05, 4.69) is 106 Å². The third kappa shape index (κ3) is 4.39. The summed E-state index contributed by atoms with van der Waals surface area (Å²) in [5, 5.41) is 2.24. The molecule has 5 aromatic carbocycles. The van der Waals surface area contributed by atoms with Crippen LogP contribution in [-0.2, 0) is 5.41 Å². The van der Waals surface area contributed by atoms with E-state index in [-0.39, 0.29) is 5.41 Å². The van der Waals surface area contributed by atoms with Gasteiger partial charge in [-0.2, -0.15) is 0 Å². The van der Waals surface area contributed by atoms with E-state index in [4.69, 9.17) is 19.4 Å². The minimum Gasteiger partial charge on any atom is -0.456 e. The van der Waals surface area contributed by atoms with Gasteiger partial charge in [0, 0.05) is 38.4 Å². The van der Waals surface area contributed by atoms with Crippen molar-refractivity contribution in [3.8, 4) is 45.3 Å². The summed E-state index contributed by atoms with van der Waals surface area (Å²) in [6.07, 6.45) is 5.95. The molecule has 0 N–H and O–H groups in total. The highest BCUT2D eigenvalue weighted by atomic mass is 16.3. The predicted octanol–water partition coefficient (Wildman–Crippen LogP) is 11.1. The monoisotopic (exact) mass is 607 g/mol. The van der Waals surface area contributed by atoms with Gasteiger partial charge in [0.05, 0.1) is 0 Å². The zero-order valence-corrected chi connectivity index (χ0v) is 26.7. The molecule has 2 aliphatic carbocycles. The van der Waals surface area contributed by atoms with Gasteiger partial charge in [-0.25, -0.2) is 15.0 Å². The van der Waals surface area contributed by atoms with Crippen molar-refractivity contribution in [2.24, 2.45) is 5.92 Å². The fourth-order valence-corrected chi connectivity index (χ4v) is 7.50. The van der Waals surface area contributed by atoms with Crippen molar-refractivity contribution < 1.29 is 4.42 Å². The molecular formula is C43H33N3O. The van der Waals surface area contributed by atoms with Gasteiger partial charge in [-0.3, -0.25) is 0 Å². The fourth-order valence-electron chi connectivity index (χ4n) is 7.50. The van der Waals surface area contributed by atoms with Crippen LogP contribution in [0.2, 0.25) is 0 Å². The zero-order chi connectivity index (χ0) is 31.7. The summed E-state index contributed by atoms with van der Waals surface area (Å²) in [5.41, 5.74) is 12.0. The largest absolute Gasteiger partial charge is 0.456 e. The van der Waals surface area contributed by atoms with Gasteiger partial charge >= 0.3 is 0 Å². The second-order valence-corrected chi connectivity index (χ2v) is 13.3. The molecular weight excluding hydrogens is 574 g/mol. The minimum absolute atomic E-state index is 0.133. The van der Waals surface area contributed by atoms with Crippen molar-refractivity contribution in [2.75, 3.05) is 0 Å². The average Bonchev–Trinajstić information content (AvgIpc) is 3.60. The van der Waals surface area contributed by atoms with Crippen LogP contribution in [0.25, 0.3) is 72.8 Å². The van der Waals surface area contributed by atoms with Gasteiger partial charge < -0.3 is 4.42 Å². The van der Waals surface area contributed by atoms with Gasteiger partial charge in [-0.1, -0.05) is 130 Å². The molecule has 2 aliphatic rings. The highest BCUT2D eigenvalue weighted by Crippen LogP contribution is 2.55. The Hall–Kier alpha value is -5.61. The van der Waals surface area contributed by atoms with Crippen LogP contribution in [0.15, 0.2) is 137 Å². The Labute approximate surface area is 274 Å². The number of furan rings is 1. The summed E-state index contributed by atoms with van der Waals surface area (Å²) in [4.78, 5) is 15.1. The number of hydrogen-bond donors (Lipinski definition) is 0. The molecule has 0 saturated carbocycles. The molecule has 2 aromatic heterocycles. The van der Waals surface area contributed by atoms with E-state index in [1.165, 1.54) is 22.3 Å². The van der Waals surface area contributed by atoms with Gasteiger partial charge in [0.2, 0.25) is 0 Å². The zero-order valence-electron chi connectivity index (χ0n) is 26.7. The Morgan fingerprint density at radius 1 is 0.617 bits per heavy atom. The van der Waals surface area contributed by atoms with E-state index >= 15 is 0 Å². The number of rotatable bonds is 4. The van der Waals surface area contributed by atoms with Crippen LogP contribution >= 0.6 is 0 Å². The molecule has 7 aromatic rings. The van der Waals surface area contributed by atoms with Crippen molar-refractivity contribution in [3.05, 3.63) is 144 Å². The Morgan fingerprint density at radius 2 is 1.26 bits per heavy atom. The minimum atomic E-state index is -0.133. The Morgan fingerprint density at radius 3 is 2.02 bits per heavy atom. The van der Waals surface area contributed by atoms with Crippen LogP contribution in [0.1, 0.15) is 38.3 Å². The number of aromatic nitrogens is 3. The smallest absolute Gasteiger partial charge is 0.164 e. The lowest BCUT2D eigenvalue weighted by atomic mass is 9.78. The summed E-state index contributed by atoms with van der Waals surface area (Å²) in [5.74, 6) is 2.42. The predicted molar refractivity (Wildman–Crippen MR) is 192 cm³/mol. The molecule has 9 rings (SSSR count). The molecule has 0 amide bonds. The van der Waals surface area contributed by atoms with E-state index in [0.717, 1.165) is 56.2 Å². The normalized spacial score (nSPS) is 16.5. The summed E-state index contributed by atoms with van der Waals surface area (Å²) >= 11 is 0. The average molecular weight is 608 g/mol. The Kier molecular flexibility index (Phi) is 6.16. The second-order valence-electron chi connectivity index (χ2n) is 13.3. The first-order valence-electron chi connectivity index (χ1n) is 16.4. The Bertz CT molecular complexity index is 2420. The van der Waals surface area contributed by atoms with E-state index < -0.39 is 0 Å². The maximum atomic E-state index is 6.81. The standard InChI is InChI=1S/C43H33N3O/c1-26-18-20-31-33-22-23-34-32-21-19-29(25-37(32)47-39(34)38(33)43(2,3)36(31)24-26)41-44-40(28-14-8-5-9-15-28)45-42(46-41)35-17-11-10-16-30(35)27-12-6-4-7-13-27/h4-17,19-26H,18H2,1-3H3. The number of benzene rings is 5. The first-order chi connectivity index (χ1) is 23.0. The summed E-state index contributed by atoms with van der Waals surface area (Å²) < 4.78 is 6.81. The van der Waals surface area contributed by atoms with Crippen LogP contribution in [0.5, 0.6) is 0 Å². The SMILES string of the molecule is CC1C=C2C(=CC1)c1ccc3c(oc4cc(-c5nc(-c6ccccc6)nc(-c6ccccc6-c6ccccc6)n5)ccc43)c1C2(C)C. The summed E-state index contributed by atoms with van der Waals surface area (Å²) in [6.45, 7) is 6.96. The van der Waals surface area contributed by atoms with Crippen LogP contribution in [0.4, 0.5) is 0 Å². The molecule has 0 fully saturated rings. The van der Waals surface area contributed by atoms with Crippen molar-refractivity contribution in [3.63, 3.8) is 0 Å². The molecule has 0 bridgehead atoms. The van der Waals surface area contributed by atoms with Gasteiger partial charge in [-0.15, -0.1) is 0 Å². The van der Waals surface area contributed by atoms with Crippen molar-refractivity contribution in [1.29, 1.82) is 0 Å². The highest BCUT2D eigenvalue weighted by molar-refractivity contribution is 6.10. The lowest BCUT2D eigenvalue weighted by Crippen LogP contribution is -2.17. The van der Waals surface area contributed by atoms with Gasteiger partial charge in [0.1, 0.15) is 11.2 Å². The maximum absolute atomic E-state index is 6.81. The third-order valence-corrected chi connectivity index (χ3v) is 9.84. The van der Waals surface area contributed by atoms with Crippen LogP contribution in [-0.4, -0.2) is 15.0 Å². The molecule has 4 nitrogen and oxygen atoms in total. The first kappa shape index (κ1) is 27.7. The van der Waals surface area contributed by atoms with E-state index in [1.807, 2.05) is 42.5 Å². The van der Waals surface area contributed by atoms with Crippen LogP contribution in [0.3, 0.4) is 0 Å². The number of hydrogen-bond acceptors (Lipinski definition) is 4. The van der Waals surface area contributed by atoms with Crippen LogP contribution < -0.4 is 0 Å². The lowest BCUT2D eigenvalue weighted by molar-refractivity contribution is 0.608. The third-order valence-electron chi connectivity index (χ3n) is 9.84. The van der Waals surface area contributed by atoms with Gasteiger partial charge in [-0.05, 0) is 58.4 Å². The summed E-state index contributed by atoms with van der Waals surface area (Å²) in [6, 6.07) is 39.7. The molecule has 1 unspecified atom stereocenters. The van der Waals surface area contributed by atoms with Gasteiger partial charge in [0.15, 0.2) is 17.5 Å². The molecule has 47 heavy (non-hydrogen) atoms. The highest BCUT2D eigenvalue weighted by Gasteiger charge is 2.42. The number of allylic oxidation sites excluding steroid dienone is 4. The lowest BCUT2D eigenvalue weighted by Gasteiger charge is -2.25. The van der Waals surface area contributed by atoms with Crippen molar-refractivity contribution in [2.45, 2.75) is 32.6 Å². The molecule has 2 heterocycles. The molecule has 226 valence electrons. The quantitative estimate of drug-likeness (QED) is 0.200. The molecule has 0 radical (unpaired) electrons. The Balaban J connectivity index is 1.23. The fraction of sp³-hybridized carbons (Fsp3) is 0.140. The van der Waals surface area contributed by atoms with E-state index in [1.54, 1.807) is 0 Å². The van der Waals surface area contributed by atoms with E-state index in [9.17, 15) is 0 Å². The van der Waals surface area contributed by atoms with Crippen molar-refractivity contribution in [1.82, 2.24) is 15.0 Å². The molecule has 0 spiro atoms. The van der Waals surface area contributed by atoms with Crippen molar-refractivity contribution >= 4 is 27.5 Å². The molecule has 0 aliphatic heterocycles. The van der Waals surface area contributed by atoms with E-state index in [0.29, 0.717) is 23.4 Å². The summed E-state index contributed by atoms with van der Waals surface area (Å²) in [7, 11) is 0. The molecule has 1 atom stereocenters. The number of fused-ring (bicyclic) bond motifs is 7.